The van der Waals surface area contributed by atoms with Gasteiger partial charge in [0.25, 0.3) is 0 Å². The highest BCUT2D eigenvalue weighted by atomic mass is 16.5. The Balaban J connectivity index is 2.06. The van der Waals surface area contributed by atoms with Crippen LogP contribution in [0, 0.1) is 0 Å². The molecule has 0 aliphatic heterocycles. The molecule has 2 rings (SSSR count). The highest BCUT2D eigenvalue weighted by Gasteiger charge is 2.30. The van der Waals surface area contributed by atoms with E-state index >= 15 is 0 Å². The average molecular weight is 515 g/mol. The molecule has 1 aromatic carbocycles. The van der Waals surface area contributed by atoms with Gasteiger partial charge in [0.15, 0.2) is 0 Å². The molecule has 1 aliphatic rings. The van der Waals surface area contributed by atoms with E-state index in [0.29, 0.717) is 38.8 Å². The summed E-state index contributed by atoms with van der Waals surface area (Å²) < 4.78 is 5.00. The molecule has 0 radical (unpaired) electrons. The number of carbonyl (C=O) groups excluding carboxylic acids is 3. The molecule has 1 fully saturated rings. The second kappa shape index (κ2) is 18.8. The summed E-state index contributed by atoms with van der Waals surface area (Å²) in [6.07, 6.45) is 14.4. The molecule has 1 N–H and O–H groups in total. The predicted octanol–water partition coefficient (Wildman–Crippen LogP) is 6.36. The smallest absolute Gasteiger partial charge is 0.305 e. The van der Waals surface area contributed by atoms with Gasteiger partial charge < -0.3 is 15.0 Å². The third-order valence-electron chi connectivity index (χ3n) is 7.34. The van der Waals surface area contributed by atoms with Crippen molar-refractivity contribution in [2.24, 2.45) is 0 Å². The zero-order chi connectivity index (χ0) is 26.7. The SMILES string of the molecule is CCCCCCC(C(=O)NC1CCCCC1)N(CCc1ccccc1)C(=O)CCCCCC(=O)OCC. The Kier molecular flexibility index (Phi) is 15.7. The standard InChI is InChI=1S/C31H50N2O4/c1-3-5-6-14-21-28(31(36)32-27-19-12-8-13-20-27)33(25-24-26-17-10-7-11-18-26)29(34)22-15-9-16-23-30(35)37-4-2/h7,10-11,17-18,27-28H,3-6,8-9,12-16,19-25H2,1-2H3,(H,32,36). The van der Waals surface area contributed by atoms with E-state index in [1.165, 1.54) is 12.0 Å². The van der Waals surface area contributed by atoms with Crippen LogP contribution in [-0.4, -0.2) is 47.9 Å². The number of carbonyl (C=O) groups is 3. The fourth-order valence-corrected chi connectivity index (χ4v) is 5.18. The Morgan fingerprint density at radius 3 is 2.32 bits per heavy atom. The van der Waals surface area contributed by atoms with Crippen LogP contribution in [0.5, 0.6) is 0 Å². The van der Waals surface area contributed by atoms with Crippen molar-refractivity contribution in [2.75, 3.05) is 13.2 Å². The average Bonchev–Trinajstić information content (AvgIpc) is 2.91. The van der Waals surface area contributed by atoms with Gasteiger partial charge in [0, 0.05) is 25.4 Å². The van der Waals surface area contributed by atoms with Gasteiger partial charge in [-0.05, 0) is 51.0 Å². The van der Waals surface area contributed by atoms with Gasteiger partial charge in [-0.1, -0.05) is 88.6 Å². The molecule has 1 atom stereocenters. The van der Waals surface area contributed by atoms with E-state index in [1.807, 2.05) is 30.0 Å². The van der Waals surface area contributed by atoms with Crippen LogP contribution < -0.4 is 5.32 Å². The van der Waals surface area contributed by atoms with Gasteiger partial charge in [-0.3, -0.25) is 14.4 Å². The number of esters is 1. The first kappa shape index (κ1) is 30.9. The van der Waals surface area contributed by atoms with E-state index in [9.17, 15) is 14.4 Å². The Morgan fingerprint density at radius 1 is 0.919 bits per heavy atom. The first-order chi connectivity index (χ1) is 18.0. The summed E-state index contributed by atoms with van der Waals surface area (Å²) in [6, 6.07) is 10.00. The summed E-state index contributed by atoms with van der Waals surface area (Å²) in [7, 11) is 0. The maximum Gasteiger partial charge on any atom is 0.305 e. The van der Waals surface area contributed by atoms with Crippen LogP contribution in [0.15, 0.2) is 30.3 Å². The highest BCUT2D eigenvalue weighted by molar-refractivity contribution is 5.88. The summed E-state index contributed by atoms with van der Waals surface area (Å²) in [6.45, 7) is 4.94. The van der Waals surface area contributed by atoms with Gasteiger partial charge in [0.2, 0.25) is 11.8 Å². The summed E-state index contributed by atoms with van der Waals surface area (Å²) in [5.41, 5.74) is 1.17. The molecule has 0 spiro atoms. The number of hydrogen-bond donors (Lipinski definition) is 1. The lowest BCUT2D eigenvalue weighted by atomic mass is 9.94. The fraction of sp³-hybridized carbons (Fsp3) is 0.710. The molecule has 0 heterocycles. The van der Waals surface area contributed by atoms with Crippen molar-refractivity contribution in [1.29, 1.82) is 0 Å². The third-order valence-corrected chi connectivity index (χ3v) is 7.34. The Labute approximate surface area is 224 Å². The van der Waals surface area contributed by atoms with Crippen LogP contribution in [0.4, 0.5) is 0 Å². The fourth-order valence-electron chi connectivity index (χ4n) is 5.18. The lowest BCUT2D eigenvalue weighted by Crippen LogP contribution is -2.52. The first-order valence-corrected chi connectivity index (χ1v) is 14.8. The van der Waals surface area contributed by atoms with Gasteiger partial charge in [0.1, 0.15) is 6.04 Å². The first-order valence-electron chi connectivity index (χ1n) is 14.8. The molecule has 0 bridgehead atoms. The minimum Gasteiger partial charge on any atom is -0.466 e. The number of hydrogen-bond acceptors (Lipinski definition) is 4. The molecular formula is C31H50N2O4. The van der Waals surface area contributed by atoms with E-state index in [-0.39, 0.29) is 23.8 Å². The van der Waals surface area contributed by atoms with Crippen molar-refractivity contribution in [2.45, 2.75) is 129 Å². The second-order valence-corrected chi connectivity index (χ2v) is 10.4. The molecule has 1 saturated carbocycles. The number of unbranched alkanes of at least 4 members (excludes halogenated alkanes) is 5. The quantitative estimate of drug-likeness (QED) is 0.183. The molecule has 1 aliphatic carbocycles. The molecule has 1 unspecified atom stereocenters. The minimum atomic E-state index is -0.422. The Hall–Kier alpha value is -2.37. The molecule has 0 aromatic heterocycles. The van der Waals surface area contributed by atoms with Crippen LogP contribution >= 0.6 is 0 Å². The summed E-state index contributed by atoms with van der Waals surface area (Å²) >= 11 is 0. The number of ether oxygens (including phenoxy) is 1. The molecule has 0 saturated heterocycles. The molecule has 1 aromatic rings. The summed E-state index contributed by atoms with van der Waals surface area (Å²) in [5.74, 6) is -0.108. The maximum absolute atomic E-state index is 13.6. The van der Waals surface area contributed by atoms with E-state index in [4.69, 9.17) is 4.74 Å². The predicted molar refractivity (Wildman–Crippen MR) is 149 cm³/mol. The normalized spacial score (nSPS) is 14.6. The molecule has 6 nitrogen and oxygen atoms in total. The van der Waals surface area contributed by atoms with Crippen molar-refractivity contribution in [3.8, 4) is 0 Å². The van der Waals surface area contributed by atoms with Crippen LogP contribution in [0.1, 0.15) is 116 Å². The summed E-state index contributed by atoms with van der Waals surface area (Å²) in [5, 5.41) is 3.31. The molecule has 208 valence electrons. The molecule has 6 heteroatoms. The van der Waals surface area contributed by atoms with Crippen LogP contribution in [-0.2, 0) is 25.5 Å². The highest BCUT2D eigenvalue weighted by Crippen LogP contribution is 2.20. The van der Waals surface area contributed by atoms with E-state index in [1.54, 1.807) is 0 Å². The number of benzene rings is 1. The van der Waals surface area contributed by atoms with E-state index < -0.39 is 6.04 Å². The maximum atomic E-state index is 13.6. The number of amides is 2. The molecule has 2 amide bonds. The van der Waals surface area contributed by atoms with E-state index in [0.717, 1.165) is 70.6 Å². The zero-order valence-electron chi connectivity index (χ0n) is 23.3. The number of nitrogens with one attached hydrogen (secondary N) is 1. The van der Waals surface area contributed by atoms with Gasteiger partial charge in [0.05, 0.1) is 6.61 Å². The monoisotopic (exact) mass is 514 g/mol. The van der Waals surface area contributed by atoms with Crippen LogP contribution in [0.2, 0.25) is 0 Å². The van der Waals surface area contributed by atoms with E-state index in [2.05, 4.69) is 24.4 Å². The second-order valence-electron chi connectivity index (χ2n) is 10.4. The van der Waals surface area contributed by atoms with Crippen LogP contribution in [0.25, 0.3) is 0 Å². The third kappa shape index (κ3) is 12.6. The van der Waals surface area contributed by atoms with Gasteiger partial charge >= 0.3 is 5.97 Å². The lowest BCUT2D eigenvalue weighted by Gasteiger charge is -2.33. The lowest BCUT2D eigenvalue weighted by molar-refractivity contribution is -0.143. The van der Waals surface area contributed by atoms with Crippen molar-refractivity contribution >= 4 is 17.8 Å². The van der Waals surface area contributed by atoms with Crippen molar-refractivity contribution < 1.29 is 19.1 Å². The van der Waals surface area contributed by atoms with Gasteiger partial charge in [-0.15, -0.1) is 0 Å². The van der Waals surface area contributed by atoms with Crippen LogP contribution in [0.3, 0.4) is 0 Å². The molecule has 37 heavy (non-hydrogen) atoms. The van der Waals surface area contributed by atoms with Crippen molar-refractivity contribution in [1.82, 2.24) is 10.2 Å². The topological polar surface area (TPSA) is 75.7 Å². The minimum absolute atomic E-state index is 0.0205. The van der Waals surface area contributed by atoms with Crippen molar-refractivity contribution in [3.05, 3.63) is 35.9 Å². The number of rotatable bonds is 18. The Bertz CT molecular complexity index is 777. The van der Waals surface area contributed by atoms with Crippen molar-refractivity contribution in [3.63, 3.8) is 0 Å². The zero-order valence-corrected chi connectivity index (χ0v) is 23.3. The molecular weight excluding hydrogens is 464 g/mol. The Morgan fingerprint density at radius 2 is 1.62 bits per heavy atom. The summed E-state index contributed by atoms with van der Waals surface area (Å²) in [4.78, 5) is 40.6. The van der Waals surface area contributed by atoms with Gasteiger partial charge in [-0.2, -0.15) is 0 Å². The largest absolute Gasteiger partial charge is 0.466 e. The van der Waals surface area contributed by atoms with Gasteiger partial charge in [-0.25, -0.2) is 0 Å². The number of nitrogens with zero attached hydrogens (tertiary/aromatic N) is 1.